The van der Waals surface area contributed by atoms with Crippen LogP contribution in [-0.4, -0.2) is 39.1 Å². The Bertz CT molecular complexity index is 535. The fraction of sp³-hybridized carbons (Fsp3) is 0.733. The van der Waals surface area contributed by atoms with Crippen molar-refractivity contribution in [3.05, 3.63) is 17.2 Å². The van der Waals surface area contributed by atoms with Gasteiger partial charge in [-0.2, -0.15) is 0 Å². The summed E-state index contributed by atoms with van der Waals surface area (Å²) in [4.78, 5) is 18.9. The summed E-state index contributed by atoms with van der Waals surface area (Å²) in [7, 11) is 2.10. The van der Waals surface area contributed by atoms with Crippen LogP contribution in [0, 0.1) is 0 Å². The van der Waals surface area contributed by atoms with Gasteiger partial charge >= 0.3 is 5.97 Å². The van der Waals surface area contributed by atoms with Crippen molar-refractivity contribution in [1.82, 2.24) is 14.5 Å². The summed E-state index contributed by atoms with van der Waals surface area (Å²) >= 11 is 0. The lowest BCUT2D eigenvalue weighted by Gasteiger charge is -2.29. The van der Waals surface area contributed by atoms with E-state index in [1.165, 1.54) is 5.69 Å². The largest absolute Gasteiger partial charge is 0.461 e. The van der Waals surface area contributed by atoms with E-state index in [9.17, 15) is 4.79 Å². The average molecular weight is 277 g/mol. The van der Waals surface area contributed by atoms with Crippen LogP contribution in [0.2, 0.25) is 0 Å². The van der Waals surface area contributed by atoms with Gasteiger partial charge in [0.1, 0.15) is 18.0 Å². The van der Waals surface area contributed by atoms with Crippen molar-refractivity contribution < 1.29 is 9.53 Å². The van der Waals surface area contributed by atoms with Crippen LogP contribution >= 0.6 is 0 Å². The van der Waals surface area contributed by atoms with E-state index in [2.05, 4.69) is 30.4 Å². The Kier molecular flexibility index (Phi) is 3.32. The Hall–Kier alpha value is -1.36. The van der Waals surface area contributed by atoms with Crippen LogP contribution in [0.5, 0.6) is 0 Å². The highest BCUT2D eigenvalue weighted by Crippen LogP contribution is 2.28. The van der Waals surface area contributed by atoms with Crippen LogP contribution in [0.4, 0.5) is 0 Å². The molecule has 2 aliphatic heterocycles. The van der Waals surface area contributed by atoms with Crippen molar-refractivity contribution in [2.24, 2.45) is 7.05 Å². The molecule has 5 nitrogen and oxygen atoms in total. The number of hydrogen-bond acceptors (Lipinski definition) is 4. The van der Waals surface area contributed by atoms with E-state index >= 15 is 0 Å². The molecule has 1 aromatic rings. The highest BCUT2D eigenvalue weighted by molar-refractivity contribution is 5.78. The van der Waals surface area contributed by atoms with E-state index in [4.69, 9.17) is 9.72 Å². The summed E-state index contributed by atoms with van der Waals surface area (Å²) in [6, 6.07) is -0.0809. The minimum atomic E-state index is -0.0809. The lowest BCUT2D eigenvalue weighted by atomic mass is 10.1. The van der Waals surface area contributed by atoms with Crippen molar-refractivity contribution in [3.8, 4) is 0 Å². The SMILES string of the molecule is CC(C)c1nc2c(n1C)CCN([C@H]1C[C@H](C)OC1=O)C2. The molecule has 2 atom stereocenters. The maximum absolute atomic E-state index is 11.9. The van der Waals surface area contributed by atoms with E-state index in [1.807, 2.05) is 6.92 Å². The smallest absolute Gasteiger partial charge is 0.323 e. The number of ether oxygens (including phenoxy) is 1. The average Bonchev–Trinajstić information content (AvgIpc) is 2.89. The molecule has 110 valence electrons. The second-order valence-corrected chi connectivity index (χ2v) is 6.30. The van der Waals surface area contributed by atoms with Gasteiger partial charge in [0.15, 0.2) is 0 Å². The van der Waals surface area contributed by atoms with Gasteiger partial charge in [0.05, 0.1) is 5.69 Å². The molecule has 0 aromatic carbocycles. The van der Waals surface area contributed by atoms with Crippen molar-refractivity contribution in [2.45, 2.75) is 58.2 Å². The molecule has 0 saturated carbocycles. The zero-order valence-corrected chi connectivity index (χ0v) is 12.7. The van der Waals surface area contributed by atoms with Gasteiger partial charge in [-0.1, -0.05) is 13.8 Å². The Balaban J connectivity index is 1.82. The third-order valence-corrected chi connectivity index (χ3v) is 4.42. The summed E-state index contributed by atoms with van der Waals surface area (Å²) in [5.74, 6) is 1.50. The first kappa shape index (κ1) is 13.6. The van der Waals surface area contributed by atoms with Crippen LogP contribution in [0.15, 0.2) is 0 Å². The first-order chi connectivity index (χ1) is 9.47. The summed E-state index contributed by atoms with van der Waals surface area (Å²) < 4.78 is 7.51. The van der Waals surface area contributed by atoms with Gasteiger partial charge in [-0.05, 0) is 6.92 Å². The molecule has 3 rings (SSSR count). The Labute approximate surface area is 119 Å². The minimum Gasteiger partial charge on any atom is -0.461 e. The molecule has 20 heavy (non-hydrogen) atoms. The third-order valence-electron chi connectivity index (χ3n) is 4.42. The Morgan fingerprint density at radius 2 is 2.15 bits per heavy atom. The van der Waals surface area contributed by atoms with Crippen LogP contribution in [0.1, 0.15) is 50.3 Å². The van der Waals surface area contributed by atoms with E-state index in [-0.39, 0.29) is 18.1 Å². The molecular formula is C15H23N3O2. The lowest BCUT2D eigenvalue weighted by Crippen LogP contribution is -2.42. The Morgan fingerprint density at radius 1 is 1.40 bits per heavy atom. The second-order valence-electron chi connectivity index (χ2n) is 6.30. The number of cyclic esters (lactones) is 1. The number of rotatable bonds is 2. The zero-order valence-electron chi connectivity index (χ0n) is 12.7. The molecule has 1 aromatic heterocycles. The number of carbonyl (C=O) groups is 1. The van der Waals surface area contributed by atoms with Crippen molar-refractivity contribution in [2.75, 3.05) is 6.54 Å². The molecule has 2 aliphatic rings. The van der Waals surface area contributed by atoms with E-state index in [0.29, 0.717) is 5.92 Å². The van der Waals surface area contributed by atoms with Crippen molar-refractivity contribution >= 4 is 5.97 Å². The zero-order chi connectivity index (χ0) is 14.4. The van der Waals surface area contributed by atoms with Gasteiger partial charge in [0.2, 0.25) is 0 Å². The van der Waals surface area contributed by atoms with Gasteiger partial charge in [-0.25, -0.2) is 4.98 Å². The predicted molar refractivity (Wildman–Crippen MR) is 75.4 cm³/mol. The van der Waals surface area contributed by atoms with Crippen LogP contribution in [0.25, 0.3) is 0 Å². The molecule has 0 unspecified atom stereocenters. The molecule has 0 spiro atoms. The number of aromatic nitrogens is 2. The first-order valence-electron chi connectivity index (χ1n) is 7.46. The highest BCUT2D eigenvalue weighted by Gasteiger charge is 2.38. The Morgan fingerprint density at radius 3 is 2.75 bits per heavy atom. The van der Waals surface area contributed by atoms with Gasteiger partial charge in [0, 0.05) is 44.6 Å². The van der Waals surface area contributed by atoms with Crippen LogP contribution in [-0.2, 0) is 29.5 Å². The molecular weight excluding hydrogens is 254 g/mol. The summed E-state index contributed by atoms with van der Waals surface area (Å²) in [6.45, 7) is 7.98. The molecule has 0 bridgehead atoms. The maximum Gasteiger partial charge on any atom is 0.323 e. The highest BCUT2D eigenvalue weighted by atomic mass is 16.6. The molecule has 3 heterocycles. The monoisotopic (exact) mass is 277 g/mol. The quantitative estimate of drug-likeness (QED) is 0.771. The fourth-order valence-corrected chi connectivity index (χ4v) is 3.39. The topological polar surface area (TPSA) is 47.4 Å². The molecule has 0 N–H and O–H groups in total. The van der Waals surface area contributed by atoms with E-state index in [0.717, 1.165) is 37.4 Å². The fourth-order valence-electron chi connectivity index (χ4n) is 3.39. The van der Waals surface area contributed by atoms with Crippen LogP contribution in [0.3, 0.4) is 0 Å². The number of imidazole rings is 1. The van der Waals surface area contributed by atoms with E-state index in [1.54, 1.807) is 0 Å². The number of carbonyl (C=O) groups excluding carboxylic acids is 1. The van der Waals surface area contributed by atoms with Gasteiger partial charge < -0.3 is 9.30 Å². The predicted octanol–water partition coefficient (Wildman–Crippen LogP) is 1.61. The van der Waals surface area contributed by atoms with Gasteiger partial charge in [-0.3, -0.25) is 9.69 Å². The first-order valence-corrected chi connectivity index (χ1v) is 7.46. The lowest BCUT2D eigenvalue weighted by molar-refractivity contribution is -0.145. The maximum atomic E-state index is 11.9. The molecule has 5 heteroatoms. The number of hydrogen-bond donors (Lipinski definition) is 0. The molecule has 1 fully saturated rings. The number of esters is 1. The molecule has 0 radical (unpaired) electrons. The van der Waals surface area contributed by atoms with E-state index < -0.39 is 0 Å². The number of fused-ring (bicyclic) bond motifs is 1. The molecule has 0 amide bonds. The summed E-state index contributed by atoms with van der Waals surface area (Å²) in [6.07, 6.45) is 1.81. The molecule has 1 saturated heterocycles. The summed E-state index contributed by atoms with van der Waals surface area (Å²) in [5, 5.41) is 0. The van der Waals surface area contributed by atoms with Gasteiger partial charge in [-0.15, -0.1) is 0 Å². The van der Waals surface area contributed by atoms with Crippen LogP contribution < -0.4 is 0 Å². The number of nitrogens with zero attached hydrogens (tertiary/aromatic N) is 3. The minimum absolute atomic E-state index is 0.0452. The normalized spacial score (nSPS) is 26.9. The standard InChI is InChI=1S/C15H23N3O2/c1-9(2)14-16-11-8-18(6-5-12(11)17(14)4)13-7-10(3)20-15(13)19/h9-10,13H,5-8H2,1-4H3/t10-,13-/m0/s1. The summed E-state index contributed by atoms with van der Waals surface area (Å²) in [5.41, 5.74) is 2.46. The third kappa shape index (κ3) is 2.14. The van der Waals surface area contributed by atoms with Gasteiger partial charge in [0.25, 0.3) is 0 Å². The second kappa shape index (κ2) is 4.88. The van der Waals surface area contributed by atoms with Crippen molar-refractivity contribution in [1.29, 1.82) is 0 Å². The molecule has 0 aliphatic carbocycles. The van der Waals surface area contributed by atoms with Crippen molar-refractivity contribution in [3.63, 3.8) is 0 Å².